The van der Waals surface area contributed by atoms with Crippen molar-refractivity contribution >= 4 is 20.1 Å². The highest BCUT2D eigenvalue weighted by molar-refractivity contribution is 8.00. The quantitative estimate of drug-likeness (QED) is 0.494. The summed E-state index contributed by atoms with van der Waals surface area (Å²) in [6, 6.07) is 10.5. The highest BCUT2D eigenvalue weighted by atomic mass is 32.2. The van der Waals surface area contributed by atoms with Crippen molar-refractivity contribution in [3.05, 3.63) is 30.3 Å². The van der Waals surface area contributed by atoms with Gasteiger partial charge in [-0.1, -0.05) is 39.0 Å². The zero-order valence-electron chi connectivity index (χ0n) is 21.1. The molecule has 1 aromatic rings. The van der Waals surface area contributed by atoms with Crippen LogP contribution in [-0.2, 0) is 23.4 Å². The molecule has 1 aliphatic carbocycles. The maximum atomic E-state index is 7.02. The van der Waals surface area contributed by atoms with E-state index in [-0.39, 0.29) is 34.2 Å². The molecule has 1 saturated carbocycles. The summed E-state index contributed by atoms with van der Waals surface area (Å²) in [6.07, 6.45) is 0.168. The Morgan fingerprint density at radius 1 is 0.938 bits per heavy atom. The topological polar surface area (TPSA) is 46.2 Å². The SMILES string of the molecule is CC1(C)O[C@@H]2[C@H](O1)[C@@H](O[Si](C)(C)C(C)(C)C)C[C@@]1(Sc3ccccc3)COC(C)(C)O[C@H]21. The first-order valence-electron chi connectivity index (χ1n) is 11.7. The predicted octanol–water partition coefficient (Wildman–Crippen LogP) is 5.98. The number of fused-ring (bicyclic) bond motifs is 3. The highest BCUT2D eigenvalue weighted by Crippen LogP contribution is 2.55. The highest BCUT2D eigenvalue weighted by Gasteiger charge is 2.65. The van der Waals surface area contributed by atoms with Crippen molar-refractivity contribution < 1.29 is 23.4 Å². The molecule has 0 N–H and O–H groups in total. The van der Waals surface area contributed by atoms with Gasteiger partial charge in [-0.25, -0.2) is 0 Å². The third-order valence-corrected chi connectivity index (χ3v) is 13.2. The predicted molar refractivity (Wildman–Crippen MR) is 130 cm³/mol. The van der Waals surface area contributed by atoms with Crippen LogP contribution in [-0.4, -0.2) is 55.7 Å². The van der Waals surface area contributed by atoms with Gasteiger partial charge < -0.3 is 23.4 Å². The molecule has 0 radical (unpaired) electrons. The minimum absolute atomic E-state index is 0.0801. The first-order chi connectivity index (χ1) is 14.6. The van der Waals surface area contributed by atoms with Gasteiger partial charge in [0.15, 0.2) is 19.9 Å². The maximum Gasteiger partial charge on any atom is 0.192 e. The minimum atomic E-state index is -2.03. The second-order valence-corrected chi connectivity index (χ2v) is 18.1. The maximum absolute atomic E-state index is 7.02. The van der Waals surface area contributed by atoms with Crippen LogP contribution in [0.2, 0.25) is 18.1 Å². The van der Waals surface area contributed by atoms with Crippen LogP contribution < -0.4 is 0 Å². The molecular weight excluding hydrogens is 440 g/mol. The molecule has 2 heterocycles. The van der Waals surface area contributed by atoms with Crippen LogP contribution in [0.1, 0.15) is 54.9 Å². The summed E-state index contributed by atoms with van der Waals surface area (Å²) < 4.78 is 32.6. The standard InChI is InChI=1S/C25H40O5SSi/c1-22(2,3)32(8,9)30-18-15-25(31-17-13-11-10-12-14-17)16-26-23(4,5)29-21(25)20-19(18)27-24(6,7)28-20/h10-14,18-21H,15-16H2,1-9H3/t18-,19+,20+,21+,25+/m0/s1. The number of thioether (sulfide) groups is 1. The van der Waals surface area contributed by atoms with E-state index >= 15 is 0 Å². The molecule has 3 aliphatic rings. The molecule has 0 aromatic heterocycles. The van der Waals surface area contributed by atoms with Gasteiger partial charge in [0.25, 0.3) is 0 Å². The fraction of sp³-hybridized carbons (Fsp3) is 0.760. The van der Waals surface area contributed by atoms with Gasteiger partial charge in [-0.2, -0.15) is 0 Å². The lowest BCUT2D eigenvalue weighted by Crippen LogP contribution is -2.69. The molecule has 0 unspecified atom stereocenters. The van der Waals surface area contributed by atoms with Gasteiger partial charge in [0.2, 0.25) is 0 Å². The molecule has 0 amide bonds. The van der Waals surface area contributed by atoms with Gasteiger partial charge in [0.05, 0.1) is 17.5 Å². The third-order valence-electron chi connectivity index (χ3n) is 7.29. The summed E-state index contributed by atoms with van der Waals surface area (Å²) in [6.45, 7) is 20.0. The van der Waals surface area contributed by atoms with Gasteiger partial charge in [-0.3, -0.25) is 0 Å². The molecule has 32 heavy (non-hydrogen) atoms. The molecule has 2 saturated heterocycles. The number of benzene rings is 1. The zero-order chi connectivity index (χ0) is 23.6. The number of ether oxygens (including phenoxy) is 4. The summed E-state index contributed by atoms with van der Waals surface area (Å²) in [5.74, 6) is -1.34. The molecule has 1 aromatic carbocycles. The van der Waals surface area contributed by atoms with Crippen LogP contribution in [0, 0.1) is 0 Å². The second-order valence-electron chi connectivity index (χ2n) is 11.9. The van der Waals surface area contributed by atoms with E-state index in [1.807, 2.05) is 45.5 Å². The number of rotatable bonds is 4. The van der Waals surface area contributed by atoms with Crippen LogP contribution in [0.15, 0.2) is 35.2 Å². The molecule has 4 rings (SSSR count). The minimum Gasteiger partial charge on any atom is -0.411 e. The van der Waals surface area contributed by atoms with E-state index in [1.165, 1.54) is 4.90 Å². The van der Waals surface area contributed by atoms with Crippen molar-refractivity contribution in [2.75, 3.05) is 6.61 Å². The Hall–Kier alpha value is -0.413. The van der Waals surface area contributed by atoms with Crippen LogP contribution in [0.5, 0.6) is 0 Å². The molecule has 5 atom stereocenters. The molecular formula is C25H40O5SSi. The Bertz CT molecular complexity index is 821. The average molecular weight is 481 g/mol. The van der Waals surface area contributed by atoms with Gasteiger partial charge in [0, 0.05) is 4.90 Å². The smallest absolute Gasteiger partial charge is 0.192 e. The molecule has 0 bridgehead atoms. The fourth-order valence-corrected chi connectivity index (χ4v) is 7.43. The molecule has 5 nitrogen and oxygen atoms in total. The van der Waals surface area contributed by atoms with Gasteiger partial charge in [0.1, 0.15) is 18.3 Å². The molecule has 180 valence electrons. The Kier molecular flexibility index (Phi) is 6.23. The number of hydrogen-bond donors (Lipinski definition) is 0. The van der Waals surface area contributed by atoms with Crippen molar-refractivity contribution in [3.63, 3.8) is 0 Å². The second kappa shape index (κ2) is 8.07. The van der Waals surface area contributed by atoms with E-state index in [4.69, 9.17) is 23.4 Å². The number of hydrogen-bond acceptors (Lipinski definition) is 6. The van der Waals surface area contributed by atoms with Crippen LogP contribution in [0.4, 0.5) is 0 Å². The van der Waals surface area contributed by atoms with Crippen LogP contribution in [0.3, 0.4) is 0 Å². The summed E-state index contributed by atoms with van der Waals surface area (Å²) in [4.78, 5) is 1.20. The van der Waals surface area contributed by atoms with Crippen molar-refractivity contribution in [1.29, 1.82) is 0 Å². The normalized spacial score (nSPS) is 36.4. The molecule has 3 fully saturated rings. The fourth-order valence-electron chi connectivity index (χ4n) is 4.68. The summed E-state index contributed by atoms with van der Waals surface area (Å²) in [5, 5.41) is 0.107. The zero-order valence-corrected chi connectivity index (χ0v) is 22.9. The lowest BCUT2D eigenvalue weighted by molar-refractivity contribution is -0.313. The van der Waals surface area contributed by atoms with E-state index in [1.54, 1.807) is 0 Å². The van der Waals surface area contributed by atoms with E-state index in [0.717, 1.165) is 6.42 Å². The average Bonchev–Trinajstić information content (AvgIpc) is 2.98. The Morgan fingerprint density at radius 2 is 1.56 bits per heavy atom. The molecule has 7 heteroatoms. The van der Waals surface area contributed by atoms with Crippen molar-refractivity contribution in [3.8, 4) is 0 Å². The first kappa shape index (κ1) is 24.7. The van der Waals surface area contributed by atoms with Gasteiger partial charge in [-0.05, 0) is 64.4 Å². The summed E-state index contributed by atoms with van der Waals surface area (Å²) in [7, 11) is -2.03. The van der Waals surface area contributed by atoms with Crippen molar-refractivity contribution in [2.24, 2.45) is 0 Å². The van der Waals surface area contributed by atoms with E-state index < -0.39 is 19.9 Å². The van der Waals surface area contributed by atoms with Gasteiger partial charge >= 0.3 is 0 Å². The van der Waals surface area contributed by atoms with Crippen molar-refractivity contribution in [2.45, 2.75) is 119 Å². The lowest BCUT2D eigenvalue weighted by Gasteiger charge is -2.56. The van der Waals surface area contributed by atoms with E-state index in [2.05, 4.69) is 58.1 Å². The Balaban J connectivity index is 1.74. The molecule has 2 aliphatic heterocycles. The Labute approximate surface area is 199 Å². The summed E-state index contributed by atoms with van der Waals surface area (Å²) in [5.41, 5.74) is 0. The van der Waals surface area contributed by atoms with E-state index in [0.29, 0.717) is 6.61 Å². The van der Waals surface area contributed by atoms with Crippen LogP contribution in [0.25, 0.3) is 0 Å². The van der Waals surface area contributed by atoms with Gasteiger partial charge in [-0.15, -0.1) is 11.8 Å². The first-order valence-corrected chi connectivity index (χ1v) is 15.4. The Morgan fingerprint density at radius 3 is 2.19 bits per heavy atom. The molecule has 0 spiro atoms. The lowest BCUT2D eigenvalue weighted by atomic mass is 9.79. The third kappa shape index (κ3) is 4.72. The van der Waals surface area contributed by atoms with Crippen LogP contribution >= 0.6 is 11.8 Å². The largest absolute Gasteiger partial charge is 0.411 e. The monoisotopic (exact) mass is 480 g/mol. The summed E-state index contributed by atoms with van der Waals surface area (Å²) >= 11 is 1.83. The van der Waals surface area contributed by atoms with E-state index in [9.17, 15) is 0 Å². The van der Waals surface area contributed by atoms with Crippen molar-refractivity contribution in [1.82, 2.24) is 0 Å².